The van der Waals surface area contributed by atoms with E-state index >= 15 is 4.39 Å². The number of halogens is 3. The molecule has 4 atom stereocenters. The molecule has 1 aromatic carbocycles. The Labute approximate surface area is 259 Å². The smallest absolute Gasteiger partial charge is 0.319 e. The number of piperazine rings is 1. The monoisotopic (exact) mass is 634 g/mol. The third-order valence-electron chi connectivity index (χ3n) is 10.4. The molecule has 45 heavy (non-hydrogen) atoms. The molecular formula is C31H29F3N8O2S. The molecule has 0 amide bonds. The van der Waals surface area contributed by atoms with Crippen LogP contribution in [-0.4, -0.2) is 76.4 Å². The molecule has 2 bridgehead atoms. The maximum Gasteiger partial charge on any atom is 0.319 e. The Morgan fingerprint density at radius 2 is 2.02 bits per heavy atom. The highest BCUT2D eigenvalue weighted by atomic mass is 32.1. The Bertz CT molecular complexity index is 1950. The average molecular weight is 635 g/mol. The number of nitrogens with two attached hydrogens (primary N) is 1. The summed E-state index contributed by atoms with van der Waals surface area (Å²) < 4.78 is 58.9. The molecule has 4 aromatic rings. The number of pyridine rings is 1. The van der Waals surface area contributed by atoms with Crippen molar-refractivity contribution in [2.45, 2.75) is 62.7 Å². The number of hydrogen-bond acceptors (Lipinski definition) is 11. The van der Waals surface area contributed by atoms with E-state index in [0.717, 1.165) is 62.0 Å². The van der Waals surface area contributed by atoms with Gasteiger partial charge in [0.15, 0.2) is 11.6 Å². The molecule has 14 heteroatoms. The Balaban J connectivity index is 1.26. The summed E-state index contributed by atoms with van der Waals surface area (Å²) in [5.41, 5.74) is 7.29. The number of nitrogens with one attached hydrogen (secondary N) is 1. The molecule has 9 rings (SSSR count). The molecule has 5 aliphatic heterocycles. The Kier molecular flexibility index (Phi) is 6.03. The fraction of sp³-hybridized carbons (Fsp3) is 0.484. The first kappa shape index (κ1) is 27.5. The molecule has 3 N–H and O–H groups in total. The molecule has 0 radical (unpaired) electrons. The van der Waals surface area contributed by atoms with Gasteiger partial charge in [0.2, 0.25) is 0 Å². The van der Waals surface area contributed by atoms with E-state index in [4.69, 9.17) is 20.2 Å². The molecule has 3 aromatic heterocycles. The van der Waals surface area contributed by atoms with Gasteiger partial charge in [-0.2, -0.15) is 15.2 Å². The van der Waals surface area contributed by atoms with Crippen LogP contribution in [0.25, 0.3) is 32.2 Å². The summed E-state index contributed by atoms with van der Waals surface area (Å²) >= 11 is 0.934. The first-order valence-electron chi connectivity index (χ1n) is 15.3. The first-order chi connectivity index (χ1) is 21.9. The van der Waals surface area contributed by atoms with Gasteiger partial charge in [-0.3, -0.25) is 9.88 Å². The van der Waals surface area contributed by atoms with Gasteiger partial charge in [0.05, 0.1) is 46.3 Å². The number of benzene rings is 1. The van der Waals surface area contributed by atoms with E-state index in [1.165, 1.54) is 0 Å². The van der Waals surface area contributed by atoms with E-state index < -0.39 is 23.3 Å². The Morgan fingerprint density at radius 3 is 2.82 bits per heavy atom. The number of piperidine rings is 1. The molecular weight excluding hydrogens is 605 g/mol. The van der Waals surface area contributed by atoms with Crippen molar-refractivity contribution in [3.8, 4) is 23.3 Å². The van der Waals surface area contributed by atoms with Gasteiger partial charge in [-0.05, 0) is 36.9 Å². The minimum absolute atomic E-state index is 0.0254. The zero-order valence-corrected chi connectivity index (χ0v) is 25.0. The van der Waals surface area contributed by atoms with E-state index in [0.29, 0.717) is 29.7 Å². The SMILES string of the molecule is N#Cc1c(N)sc2c(F)cnc(-c3c4c(c5c(N6C7CNCC6C7)nc(OC[C@@]67CCCN6C[C@H](F)C7)nc5c3F)COC4)c12. The third-order valence-corrected chi connectivity index (χ3v) is 11.4. The molecule has 10 nitrogen and oxygen atoms in total. The number of alkyl halides is 1. The van der Waals surface area contributed by atoms with E-state index in [1.54, 1.807) is 0 Å². The maximum atomic E-state index is 17.2. The molecule has 8 heterocycles. The number of fused-ring (bicyclic) bond motifs is 7. The number of anilines is 2. The van der Waals surface area contributed by atoms with E-state index in [-0.39, 0.29) is 75.3 Å². The highest BCUT2D eigenvalue weighted by Gasteiger charge is 2.50. The molecule has 0 aliphatic carbocycles. The summed E-state index contributed by atoms with van der Waals surface area (Å²) in [5, 5.41) is 14.2. The van der Waals surface area contributed by atoms with E-state index in [2.05, 4.69) is 31.2 Å². The van der Waals surface area contributed by atoms with Crippen molar-refractivity contribution in [1.29, 1.82) is 5.26 Å². The largest absolute Gasteiger partial charge is 0.461 e. The van der Waals surface area contributed by atoms with Crippen LogP contribution in [-0.2, 0) is 18.0 Å². The summed E-state index contributed by atoms with van der Waals surface area (Å²) in [4.78, 5) is 18.3. The zero-order chi connectivity index (χ0) is 30.6. The van der Waals surface area contributed by atoms with Gasteiger partial charge in [0.1, 0.15) is 35.2 Å². The van der Waals surface area contributed by atoms with Crippen LogP contribution in [0.2, 0.25) is 0 Å². The molecule has 4 fully saturated rings. The fourth-order valence-corrected chi connectivity index (χ4v) is 9.27. The lowest BCUT2D eigenvalue weighted by Crippen LogP contribution is -2.68. The summed E-state index contributed by atoms with van der Waals surface area (Å²) in [5.74, 6) is -0.719. The second kappa shape index (κ2) is 9.86. The molecule has 232 valence electrons. The highest BCUT2D eigenvalue weighted by molar-refractivity contribution is 7.23. The van der Waals surface area contributed by atoms with Gasteiger partial charge in [0.25, 0.3) is 0 Å². The van der Waals surface area contributed by atoms with Crippen LogP contribution in [0.4, 0.5) is 24.0 Å². The van der Waals surface area contributed by atoms with Crippen molar-refractivity contribution in [2.24, 2.45) is 0 Å². The minimum Gasteiger partial charge on any atom is -0.461 e. The number of nitrogens with zero attached hydrogens (tertiary/aromatic N) is 6. The fourth-order valence-electron chi connectivity index (χ4n) is 8.35. The quantitative estimate of drug-likeness (QED) is 0.331. The number of ether oxygens (including phenoxy) is 2. The topological polar surface area (TPSA) is 125 Å². The maximum absolute atomic E-state index is 17.2. The van der Waals surface area contributed by atoms with Crippen molar-refractivity contribution >= 4 is 43.1 Å². The number of aromatic nitrogens is 3. The number of rotatable bonds is 5. The lowest BCUT2D eigenvalue weighted by atomic mass is 9.87. The summed E-state index contributed by atoms with van der Waals surface area (Å²) in [6.45, 7) is 3.28. The predicted octanol–water partition coefficient (Wildman–Crippen LogP) is 4.17. The second-order valence-electron chi connectivity index (χ2n) is 12.8. The lowest BCUT2D eigenvalue weighted by Gasteiger charge is -2.54. The summed E-state index contributed by atoms with van der Waals surface area (Å²) in [6, 6.07) is 2.45. The van der Waals surface area contributed by atoms with Gasteiger partial charge in [0, 0.05) is 49.1 Å². The van der Waals surface area contributed by atoms with Crippen molar-refractivity contribution < 1.29 is 22.6 Å². The van der Waals surface area contributed by atoms with Gasteiger partial charge in [-0.1, -0.05) is 0 Å². The molecule has 2 unspecified atom stereocenters. The van der Waals surface area contributed by atoms with Crippen LogP contribution in [0.1, 0.15) is 42.4 Å². The van der Waals surface area contributed by atoms with Crippen LogP contribution in [0.5, 0.6) is 6.01 Å². The van der Waals surface area contributed by atoms with Crippen LogP contribution in [0, 0.1) is 23.0 Å². The minimum atomic E-state index is -0.915. The highest BCUT2D eigenvalue weighted by Crippen LogP contribution is 2.48. The van der Waals surface area contributed by atoms with Crippen molar-refractivity contribution in [3.05, 3.63) is 34.5 Å². The normalized spacial score (nSPS) is 27.2. The summed E-state index contributed by atoms with van der Waals surface area (Å²) in [7, 11) is 0. The van der Waals surface area contributed by atoms with Crippen LogP contribution < -0.4 is 20.7 Å². The molecule has 4 saturated heterocycles. The molecule has 0 saturated carbocycles. The average Bonchev–Trinajstić information content (AvgIpc) is 3.80. The number of nitriles is 1. The number of hydrogen-bond donors (Lipinski definition) is 2. The van der Waals surface area contributed by atoms with E-state index in [1.807, 2.05) is 0 Å². The summed E-state index contributed by atoms with van der Waals surface area (Å²) in [6.07, 6.45) is 3.28. The predicted molar refractivity (Wildman–Crippen MR) is 162 cm³/mol. The van der Waals surface area contributed by atoms with Gasteiger partial charge in [-0.15, -0.1) is 11.3 Å². The van der Waals surface area contributed by atoms with Gasteiger partial charge < -0.3 is 25.4 Å². The standard InChI is InChI=1S/C31H29F3N8O2S/c32-14-5-31(2-1-3-41(31)10-14)13-44-30-39-26-23(29(40-30)42-15-4-16(42)8-37-7-15)19-12-43-11-18(19)21(24(26)34)25-22-17(6-35)28(36)45-27(22)20(33)9-38-25/h9,14-16,37H,1-5,7-8,10-13,36H2/t14-,15?,16?,31+/m1/s1. The number of nitrogen functional groups attached to an aromatic ring is 1. The lowest BCUT2D eigenvalue weighted by molar-refractivity contribution is 0.107. The van der Waals surface area contributed by atoms with Gasteiger partial charge >= 0.3 is 6.01 Å². The van der Waals surface area contributed by atoms with Crippen LogP contribution >= 0.6 is 11.3 Å². The van der Waals surface area contributed by atoms with Gasteiger partial charge in [-0.25, -0.2) is 13.2 Å². The first-order valence-corrected chi connectivity index (χ1v) is 16.1. The van der Waals surface area contributed by atoms with Crippen LogP contribution in [0.15, 0.2) is 6.20 Å². The second-order valence-corrected chi connectivity index (χ2v) is 13.8. The number of thiophene rings is 1. The zero-order valence-electron chi connectivity index (χ0n) is 24.2. The van der Waals surface area contributed by atoms with Crippen LogP contribution in [0.3, 0.4) is 0 Å². The Hall–Kier alpha value is -3.77. The van der Waals surface area contributed by atoms with E-state index in [9.17, 15) is 14.0 Å². The molecule has 5 aliphatic rings. The third kappa shape index (κ3) is 3.87. The van der Waals surface area contributed by atoms with Crippen molar-refractivity contribution in [2.75, 3.05) is 43.4 Å². The van der Waals surface area contributed by atoms with Crippen molar-refractivity contribution in [3.63, 3.8) is 0 Å². The molecule has 0 spiro atoms. The Morgan fingerprint density at radius 1 is 1.20 bits per heavy atom. The van der Waals surface area contributed by atoms with Crippen molar-refractivity contribution in [1.82, 2.24) is 25.2 Å².